The molecule has 28 heavy (non-hydrogen) atoms. The van der Waals surface area contributed by atoms with Gasteiger partial charge in [0.15, 0.2) is 5.75 Å². The minimum absolute atomic E-state index is 0.255. The van der Waals surface area contributed by atoms with Crippen LogP contribution in [0.5, 0.6) is 5.75 Å². The van der Waals surface area contributed by atoms with Crippen molar-refractivity contribution in [2.75, 3.05) is 26.3 Å². The molecule has 7 nitrogen and oxygen atoms in total. The average molecular weight is 392 g/mol. The number of likely N-dealkylation sites (tertiary alicyclic amines) is 1. The molecular formula is C21H32N2O5. The number of nitrogens with zero attached hydrogens (tertiary/aromatic N) is 2. The molecule has 156 valence electrons. The molecule has 1 fully saturated rings. The topological polar surface area (TPSA) is 78.0 Å². The lowest BCUT2D eigenvalue weighted by Crippen LogP contribution is -2.42. The maximum Gasteiger partial charge on any atom is 0.410 e. The summed E-state index contributed by atoms with van der Waals surface area (Å²) < 4.78 is 16.1. The standard InChI is InChI=1S/C21H32N2O5/c1-6-26-18-14-22-16(13-17(18)19(24)27-7-2)12-15-8-10-23(11-9-15)20(25)28-21(3,4)5/h13-15H,6-12H2,1-5H3. The zero-order chi connectivity index (χ0) is 20.7. The molecular weight excluding hydrogens is 360 g/mol. The number of piperidine rings is 1. The van der Waals surface area contributed by atoms with Crippen LogP contribution in [0.15, 0.2) is 12.3 Å². The van der Waals surface area contributed by atoms with Crippen molar-refractivity contribution in [3.63, 3.8) is 0 Å². The quantitative estimate of drug-likeness (QED) is 0.685. The van der Waals surface area contributed by atoms with E-state index in [0.29, 0.717) is 43.5 Å². The number of carbonyl (C=O) groups excluding carboxylic acids is 2. The highest BCUT2D eigenvalue weighted by Crippen LogP contribution is 2.25. The molecule has 0 atom stereocenters. The average Bonchev–Trinajstić information content (AvgIpc) is 2.62. The second-order valence-electron chi connectivity index (χ2n) is 7.94. The van der Waals surface area contributed by atoms with E-state index in [1.165, 1.54) is 0 Å². The molecule has 1 aromatic rings. The lowest BCUT2D eigenvalue weighted by atomic mass is 9.92. The molecule has 7 heteroatoms. The zero-order valence-corrected chi connectivity index (χ0v) is 17.6. The molecule has 0 radical (unpaired) electrons. The van der Waals surface area contributed by atoms with Gasteiger partial charge in [0.1, 0.15) is 11.2 Å². The van der Waals surface area contributed by atoms with Crippen molar-refractivity contribution in [3.05, 3.63) is 23.5 Å². The number of pyridine rings is 1. The minimum Gasteiger partial charge on any atom is -0.491 e. The number of carbonyl (C=O) groups is 2. The minimum atomic E-state index is -0.482. The summed E-state index contributed by atoms with van der Waals surface area (Å²) in [5, 5.41) is 0. The van der Waals surface area contributed by atoms with Gasteiger partial charge in [-0.05, 0) is 65.9 Å². The first-order chi connectivity index (χ1) is 13.2. The number of esters is 1. The molecule has 2 rings (SSSR count). The lowest BCUT2D eigenvalue weighted by molar-refractivity contribution is 0.0183. The van der Waals surface area contributed by atoms with Crippen LogP contribution in [0.1, 0.15) is 63.5 Å². The summed E-state index contributed by atoms with van der Waals surface area (Å²) in [4.78, 5) is 30.6. The summed E-state index contributed by atoms with van der Waals surface area (Å²) in [6.07, 6.45) is 3.85. The molecule has 0 aliphatic carbocycles. The number of hydrogen-bond donors (Lipinski definition) is 0. The van der Waals surface area contributed by atoms with Crippen molar-refractivity contribution < 1.29 is 23.8 Å². The van der Waals surface area contributed by atoms with Crippen LogP contribution in [0.4, 0.5) is 4.79 Å². The molecule has 1 aromatic heterocycles. The van der Waals surface area contributed by atoms with E-state index < -0.39 is 11.6 Å². The van der Waals surface area contributed by atoms with Crippen molar-refractivity contribution in [1.82, 2.24) is 9.88 Å². The Bertz CT molecular complexity index is 676. The number of rotatable bonds is 6. The highest BCUT2D eigenvalue weighted by atomic mass is 16.6. The van der Waals surface area contributed by atoms with Gasteiger partial charge in [-0.1, -0.05) is 0 Å². The van der Waals surface area contributed by atoms with Crippen molar-refractivity contribution >= 4 is 12.1 Å². The third kappa shape index (κ3) is 6.39. The predicted molar refractivity (Wildman–Crippen MR) is 106 cm³/mol. The van der Waals surface area contributed by atoms with E-state index in [2.05, 4.69) is 4.98 Å². The smallest absolute Gasteiger partial charge is 0.410 e. The Balaban J connectivity index is 1.98. The van der Waals surface area contributed by atoms with Crippen LogP contribution in [0.3, 0.4) is 0 Å². The fourth-order valence-corrected chi connectivity index (χ4v) is 3.18. The van der Waals surface area contributed by atoms with Crippen molar-refractivity contribution in [2.24, 2.45) is 5.92 Å². The first-order valence-corrected chi connectivity index (χ1v) is 10.00. The van der Waals surface area contributed by atoms with E-state index in [1.54, 1.807) is 24.1 Å². The van der Waals surface area contributed by atoms with E-state index in [1.807, 2.05) is 27.7 Å². The van der Waals surface area contributed by atoms with Gasteiger partial charge in [0.2, 0.25) is 0 Å². The highest BCUT2D eigenvalue weighted by molar-refractivity contribution is 5.92. The largest absolute Gasteiger partial charge is 0.491 e. The molecule has 0 saturated carbocycles. The Morgan fingerprint density at radius 1 is 1.18 bits per heavy atom. The monoisotopic (exact) mass is 392 g/mol. The van der Waals surface area contributed by atoms with Crippen LogP contribution >= 0.6 is 0 Å². The predicted octanol–water partition coefficient (Wildman–Crippen LogP) is 3.85. The Kier molecular flexibility index (Phi) is 7.66. The Morgan fingerprint density at radius 2 is 1.86 bits per heavy atom. The summed E-state index contributed by atoms with van der Waals surface area (Å²) in [7, 11) is 0. The Labute approximate surface area is 167 Å². The number of aromatic nitrogens is 1. The molecule has 1 aliphatic heterocycles. The van der Waals surface area contributed by atoms with E-state index in [0.717, 1.165) is 25.0 Å². The molecule has 1 amide bonds. The summed E-state index contributed by atoms with van der Waals surface area (Å²) in [5.74, 6) is 0.456. The van der Waals surface area contributed by atoms with E-state index in [-0.39, 0.29) is 6.09 Å². The summed E-state index contributed by atoms with van der Waals surface area (Å²) in [6.45, 7) is 11.4. The normalized spacial score (nSPS) is 15.2. The summed E-state index contributed by atoms with van der Waals surface area (Å²) >= 11 is 0. The number of ether oxygens (including phenoxy) is 3. The van der Waals surface area contributed by atoms with Crippen LogP contribution in [0, 0.1) is 5.92 Å². The van der Waals surface area contributed by atoms with Gasteiger partial charge in [0.25, 0.3) is 0 Å². The number of hydrogen-bond acceptors (Lipinski definition) is 6. The molecule has 0 bridgehead atoms. The first-order valence-electron chi connectivity index (χ1n) is 10.00. The maximum atomic E-state index is 12.2. The van der Waals surface area contributed by atoms with E-state index in [9.17, 15) is 9.59 Å². The SMILES string of the molecule is CCOC(=O)c1cc(CC2CCN(C(=O)OC(C)(C)C)CC2)ncc1OCC. The zero-order valence-electron chi connectivity index (χ0n) is 17.6. The molecule has 0 unspecified atom stereocenters. The molecule has 0 aromatic carbocycles. The van der Waals surface area contributed by atoms with Gasteiger partial charge in [0.05, 0.1) is 19.4 Å². The van der Waals surface area contributed by atoms with Crippen LogP contribution in [-0.2, 0) is 15.9 Å². The van der Waals surface area contributed by atoms with Crippen LogP contribution in [-0.4, -0.2) is 53.9 Å². The van der Waals surface area contributed by atoms with Gasteiger partial charge < -0.3 is 19.1 Å². The van der Waals surface area contributed by atoms with E-state index >= 15 is 0 Å². The molecule has 1 aliphatic rings. The van der Waals surface area contributed by atoms with Gasteiger partial charge in [-0.15, -0.1) is 0 Å². The second kappa shape index (κ2) is 9.75. The third-order valence-corrected chi connectivity index (χ3v) is 4.48. The van der Waals surface area contributed by atoms with Gasteiger partial charge in [0, 0.05) is 18.8 Å². The van der Waals surface area contributed by atoms with Gasteiger partial charge in [-0.2, -0.15) is 0 Å². The molecule has 0 N–H and O–H groups in total. The van der Waals surface area contributed by atoms with Crippen molar-refractivity contribution in [2.45, 2.75) is 59.5 Å². The molecule has 2 heterocycles. The summed E-state index contributed by atoms with van der Waals surface area (Å²) in [5.41, 5.74) is 0.769. The molecule has 1 saturated heterocycles. The highest BCUT2D eigenvalue weighted by Gasteiger charge is 2.27. The maximum absolute atomic E-state index is 12.2. The van der Waals surface area contributed by atoms with Crippen LogP contribution in [0.25, 0.3) is 0 Å². The fraction of sp³-hybridized carbons (Fsp3) is 0.667. The van der Waals surface area contributed by atoms with Gasteiger partial charge in [-0.25, -0.2) is 9.59 Å². The molecule has 0 spiro atoms. The van der Waals surface area contributed by atoms with Crippen LogP contribution < -0.4 is 4.74 Å². The van der Waals surface area contributed by atoms with Gasteiger partial charge in [-0.3, -0.25) is 4.98 Å². The van der Waals surface area contributed by atoms with E-state index in [4.69, 9.17) is 14.2 Å². The lowest BCUT2D eigenvalue weighted by Gasteiger charge is -2.33. The van der Waals surface area contributed by atoms with Crippen molar-refractivity contribution in [3.8, 4) is 5.75 Å². The Hall–Kier alpha value is -2.31. The van der Waals surface area contributed by atoms with Crippen molar-refractivity contribution in [1.29, 1.82) is 0 Å². The fourth-order valence-electron chi connectivity index (χ4n) is 3.18. The van der Waals surface area contributed by atoms with Gasteiger partial charge >= 0.3 is 12.1 Å². The second-order valence-corrected chi connectivity index (χ2v) is 7.94. The van der Waals surface area contributed by atoms with Crippen LogP contribution in [0.2, 0.25) is 0 Å². The number of amides is 1. The first kappa shape index (κ1) is 22.0. The summed E-state index contributed by atoms with van der Waals surface area (Å²) in [6, 6.07) is 1.77. The Morgan fingerprint density at radius 3 is 2.43 bits per heavy atom. The third-order valence-electron chi connectivity index (χ3n) is 4.48.